The first-order chi connectivity index (χ1) is 17.2. The van der Waals surface area contributed by atoms with Gasteiger partial charge in [0.2, 0.25) is 5.88 Å². The van der Waals surface area contributed by atoms with E-state index in [2.05, 4.69) is 34.7 Å². The summed E-state index contributed by atoms with van der Waals surface area (Å²) in [4.78, 5) is 22.7. The third-order valence-corrected chi connectivity index (χ3v) is 5.73. The number of aliphatic carboxylic acids is 1. The van der Waals surface area contributed by atoms with Crippen molar-refractivity contribution in [3.63, 3.8) is 0 Å². The number of aromatic nitrogens is 2. The minimum atomic E-state index is -0.957. The highest BCUT2D eigenvalue weighted by atomic mass is 35.5. The van der Waals surface area contributed by atoms with Crippen LogP contribution < -0.4 is 15.4 Å². The first-order valence-electron chi connectivity index (χ1n) is 11.5. The molecule has 2 aromatic carbocycles. The quantitative estimate of drug-likeness (QED) is 0.280. The second-order valence-electron chi connectivity index (χ2n) is 8.64. The number of benzene rings is 2. The van der Waals surface area contributed by atoms with Gasteiger partial charge >= 0.3 is 5.97 Å². The number of hydrogen-bond donors (Lipinski definition) is 3. The molecule has 1 amide bonds. The molecule has 0 radical (unpaired) electrons. The van der Waals surface area contributed by atoms with Crippen LogP contribution in [0.1, 0.15) is 37.0 Å². The van der Waals surface area contributed by atoms with Gasteiger partial charge in [0, 0.05) is 34.4 Å². The van der Waals surface area contributed by atoms with Crippen LogP contribution in [-0.4, -0.2) is 46.4 Å². The van der Waals surface area contributed by atoms with Gasteiger partial charge in [-0.25, -0.2) is 0 Å². The molecule has 1 aromatic heterocycles. The molecule has 36 heavy (non-hydrogen) atoms. The molecule has 1 atom stereocenters. The summed E-state index contributed by atoms with van der Waals surface area (Å²) >= 11 is 12.2. The summed E-state index contributed by atoms with van der Waals surface area (Å²) in [6, 6.07) is 15.7. The lowest BCUT2D eigenvalue weighted by molar-refractivity contribution is -0.136. The molecule has 0 fully saturated rings. The van der Waals surface area contributed by atoms with Gasteiger partial charge in [0.05, 0.1) is 23.2 Å². The standard InChI is InChI=1S/C26H28Cl2N4O4/c1-16(2)13-20(30-19-6-3-17(4-7-19)26(35)29-12-11-25(33)34)15-36-24-10-9-23(31-32-24)21-8-5-18(27)14-22(21)28/h3-10,14,16,20,30H,11-13,15H2,1-2H3,(H,29,35)(H,33,34). The normalized spacial score (nSPS) is 11.7. The number of halogens is 2. The lowest BCUT2D eigenvalue weighted by atomic mass is 10.0. The number of carboxylic acid groups (broad SMARTS) is 1. The molecule has 0 spiro atoms. The van der Waals surface area contributed by atoms with E-state index in [9.17, 15) is 9.59 Å². The van der Waals surface area contributed by atoms with Crippen molar-refractivity contribution in [2.24, 2.45) is 5.92 Å². The zero-order chi connectivity index (χ0) is 26.1. The maximum absolute atomic E-state index is 12.1. The Hall–Kier alpha value is -3.36. The maximum Gasteiger partial charge on any atom is 0.305 e. The lowest BCUT2D eigenvalue weighted by Crippen LogP contribution is -2.29. The largest absolute Gasteiger partial charge is 0.481 e. The molecule has 0 aliphatic rings. The van der Waals surface area contributed by atoms with Crippen molar-refractivity contribution in [2.45, 2.75) is 32.7 Å². The molecule has 8 nitrogen and oxygen atoms in total. The van der Waals surface area contributed by atoms with Crippen LogP contribution in [0.15, 0.2) is 54.6 Å². The first-order valence-corrected chi connectivity index (χ1v) is 12.3. The molecule has 0 aliphatic carbocycles. The van der Waals surface area contributed by atoms with Gasteiger partial charge < -0.3 is 20.5 Å². The van der Waals surface area contributed by atoms with E-state index in [0.717, 1.165) is 17.7 Å². The third kappa shape index (κ3) is 8.39. The van der Waals surface area contributed by atoms with E-state index in [1.807, 2.05) is 12.1 Å². The van der Waals surface area contributed by atoms with Crippen LogP contribution in [0.5, 0.6) is 5.88 Å². The van der Waals surface area contributed by atoms with Crippen molar-refractivity contribution >= 4 is 40.8 Å². The monoisotopic (exact) mass is 530 g/mol. The number of amides is 1. The predicted molar refractivity (Wildman–Crippen MR) is 141 cm³/mol. The van der Waals surface area contributed by atoms with Crippen molar-refractivity contribution in [2.75, 3.05) is 18.5 Å². The van der Waals surface area contributed by atoms with E-state index >= 15 is 0 Å². The molecule has 3 aromatic rings. The van der Waals surface area contributed by atoms with Crippen molar-refractivity contribution in [3.05, 3.63) is 70.2 Å². The van der Waals surface area contributed by atoms with Crippen LogP contribution in [0.25, 0.3) is 11.3 Å². The highest BCUT2D eigenvalue weighted by Crippen LogP contribution is 2.29. The third-order valence-electron chi connectivity index (χ3n) is 5.18. The van der Waals surface area contributed by atoms with E-state index in [0.29, 0.717) is 39.7 Å². The first kappa shape index (κ1) is 27.2. The van der Waals surface area contributed by atoms with Crippen molar-refractivity contribution in [3.8, 4) is 17.1 Å². The minimum absolute atomic E-state index is 0.00701. The van der Waals surface area contributed by atoms with Crippen molar-refractivity contribution < 1.29 is 19.4 Å². The number of nitrogens with one attached hydrogen (secondary N) is 2. The van der Waals surface area contributed by atoms with Crippen molar-refractivity contribution in [1.82, 2.24) is 15.5 Å². The van der Waals surface area contributed by atoms with E-state index < -0.39 is 5.97 Å². The summed E-state index contributed by atoms with van der Waals surface area (Å²) in [5, 5.41) is 24.2. The molecule has 0 aliphatic heterocycles. The zero-order valence-electron chi connectivity index (χ0n) is 20.0. The van der Waals surface area contributed by atoms with Gasteiger partial charge in [-0.15, -0.1) is 10.2 Å². The molecule has 0 saturated carbocycles. The molecule has 3 N–H and O–H groups in total. The number of rotatable bonds is 12. The highest BCUT2D eigenvalue weighted by Gasteiger charge is 2.14. The number of ether oxygens (including phenoxy) is 1. The topological polar surface area (TPSA) is 113 Å². The van der Waals surface area contributed by atoms with Gasteiger partial charge in [0.15, 0.2) is 0 Å². The average Bonchev–Trinajstić information content (AvgIpc) is 2.83. The smallest absolute Gasteiger partial charge is 0.305 e. The number of carboxylic acids is 1. The van der Waals surface area contributed by atoms with Gasteiger partial charge in [-0.1, -0.05) is 37.0 Å². The van der Waals surface area contributed by atoms with Crippen LogP contribution in [0.3, 0.4) is 0 Å². The Kier molecular flexibility index (Phi) is 9.90. The van der Waals surface area contributed by atoms with Crippen LogP contribution in [0.4, 0.5) is 5.69 Å². The number of nitrogens with zero attached hydrogens (tertiary/aromatic N) is 2. The Balaban J connectivity index is 1.58. The zero-order valence-corrected chi connectivity index (χ0v) is 21.5. The van der Waals surface area contributed by atoms with Gasteiger partial charge in [-0.3, -0.25) is 9.59 Å². The average molecular weight is 531 g/mol. The van der Waals surface area contributed by atoms with E-state index in [4.69, 9.17) is 33.0 Å². The van der Waals surface area contributed by atoms with Crippen LogP contribution in [-0.2, 0) is 4.79 Å². The fraction of sp³-hybridized carbons (Fsp3) is 0.308. The Morgan fingerprint density at radius 2 is 1.78 bits per heavy atom. The summed E-state index contributed by atoms with van der Waals surface area (Å²) in [5.41, 5.74) is 2.65. The summed E-state index contributed by atoms with van der Waals surface area (Å²) in [5.74, 6) is -0.452. The molecule has 0 saturated heterocycles. The van der Waals surface area contributed by atoms with Crippen LogP contribution in [0, 0.1) is 5.92 Å². The van der Waals surface area contributed by atoms with Gasteiger partial charge in [-0.05, 0) is 60.9 Å². The second-order valence-corrected chi connectivity index (χ2v) is 9.48. The second kappa shape index (κ2) is 13.1. The van der Waals surface area contributed by atoms with Crippen LogP contribution in [0.2, 0.25) is 10.0 Å². The Labute approximate surface area is 220 Å². The van der Waals surface area contributed by atoms with E-state index in [1.54, 1.807) is 42.5 Å². The van der Waals surface area contributed by atoms with Gasteiger partial charge in [0.1, 0.15) is 6.61 Å². The SMILES string of the molecule is CC(C)CC(COc1ccc(-c2ccc(Cl)cc2Cl)nn1)Nc1ccc(C(=O)NCCC(=O)O)cc1. The van der Waals surface area contributed by atoms with E-state index in [-0.39, 0.29) is 24.9 Å². The van der Waals surface area contributed by atoms with Crippen molar-refractivity contribution in [1.29, 1.82) is 0 Å². The maximum atomic E-state index is 12.1. The number of anilines is 1. The highest BCUT2D eigenvalue weighted by molar-refractivity contribution is 6.36. The van der Waals surface area contributed by atoms with E-state index in [1.165, 1.54) is 0 Å². The van der Waals surface area contributed by atoms with Gasteiger partial charge in [-0.2, -0.15) is 0 Å². The molecule has 1 heterocycles. The summed E-state index contributed by atoms with van der Waals surface area (Å²) < 4.78 is 5.90. The van der Waals surface area contributed by atoms with Gasteiger partial charge in [0.25, 0.3) is 5.91 Å². The molecule has 0 bridgehead atoms. The summed E-state index contributed by atoms with van der Waals surface area (Å²) in [6.45, 7) is 4.71. The fourth-order valence-corrected chi connectivity index (χ4v) is 4.01. The molecular formula is C26H28Cl2N4O4. The number of carbonyl (C=O) groups excluding carboxylic acids is 1. The minimum Gasteiger partial charge on any atom is -0.481 e. The molecular weight excluding hydrogens is 503 g/mol. The molecule has 3 rings (SSSR count). The number of hydrogen-bond acceptors (Lipinski definition) is 6. The molecule has 190 valence electrons. The fourth-order valence-electron chi connectivity index (χ4n) is 3.50. The lowest BCUT2D eigenvalue weighted by Gasteiger charge is -2.22. The molecule has 10 heteroatoms. The number of carbonyl (C=O) groups is 2. The Bertz CT molecular complexity index is 1170. The van der Waals surface area contributed by atoms with Crippen LogP contribution >= 0.6 is 23.2 Å². The Morgan fingerprint density at radius 1 is 1.03 bits per heavy atom. The summed E-state index contributed by atoms with van der Waals surface area (Å²) in [6.07, 6.45) is 0.730. The predicted octanol–water partition coefficient (Wildman–Crippen LogP) is 5.56. The molecule has 1 unspecified atom stereocenters. The Morgan fingerprint density at radius 3 is 2.39 bits per heavy atom. The summed E-state index contributed by atoms with van der Waals surface area (Å²) in [7, 11) is 0.